The normalized spacial score (nSPS) is 16.0. The van der Waals surface area contributed by atoms with Gasteiger partial charge in [0.05, 0.1) is 29.4 Å². The van der Waals surface area contributed by atoms with Crippen LogP contribution in [-0.2, 0) is 12.6 Å². The number of rotatable bonds is 3. The summed E-state index contributed by atoms with van der Waals surface area (Å²) in [6, 6.07) is 4.39. The number of carbonyl (C=O) groups excluding carboxylic acids is 1. The zero-order valence-electron chi connectivity index (χ0n) is 17.6. The molecule has 35 heavy (non-hydrogen) atoms. The second-order valence-electron chi connectivity index (χ2n) is 7.74. The van der Waals surface area contributed by atoms with Crippen molar-refractivity contribution in [3.8, 4) is 11.6 Å². The predicted octanol–water partition coefficient (Wildman–Crippen LogP) is 2.70. The Labute approximate surface area is 193 Å². The molecule has 1 N–H and O–H groups in total. The van der Waals surface area contributed by atoms with Crippen LogP contribution in [0, 0.1) is 0 Å². The molecule has 0 saturated heterocycles. The monoisotopic (exact) mass is 481 g/mol. The first-order valence-electron chi connectivity index (χ1n) is 10.4. The van der Waals surface area contributed by atoms with Crippen LogP contribution in [-0.4, -0.2) is 57.1 Å². The maximum absolute atomic E-state index is 13.5. The molecule has 0 aromatic carbocycles. The summed E-state index contributed by atoms with van der Waals surface area (Å²) >= 11 is 0. The molecule has 1 amide bonds. The largest absolute Gasteiger partial charge is 0.433 e. The van der Waals surface area contributed by atoms with E-state index in [9.17, 15) is 18.0 Å². The molecule has 0 saturated carbocycles. The molecule has 0 fully saturated rings. The highest BCUT2D eigenvalue weighted by Crippen LogP contribution is 2.36. The predicted molar refractivity (Wildman–Crippen MR) is 111 cm³/mol. The first-order valence-corrected chi connectivity index (χ1v) is 10.4. The van der Waals surface area contributed by atoms with E-state index in [-0.39, 0.29) is 29.5 Å². The van der Waals surface area contributed by atoms with Crippen molar-refractivity contribution in [2.45, 2.75) is 18.6 Å². The molecular weight excluding hydrogens is 467 g/mol. The van der Waals surface area contributed by atoms with E-state index in [2.05, 4.69) is 35.2 Å². The van der Waals surface area contributed by atoms with E-state index in [0.29, 0.717) is 17.8 Å². The first kappa shape index (κ1) is 20.9. The van der Waals surface area contributed by atoms with E-state index < -0.39 is 23.8 Å². The maximum atomic E-state index is 13.5. The minimum absolute atomic E-state index is 0.0121. The van der Waals surface area contributed by atoms with Crippen molar-refractivity contribution in [2.75, 3.05) is 6.54 Å². The number of aromatic nitrogens is 8. The van der Waals surface area contributed by atoms with Gasteiger partial charge in [0.1, 0.15) is 17.4 Å². The van der Waals surface area contributed by atoms with Crippen molar-refractivity contribution in [3.63, 3.8) is 0 Å². The smallest absolute Gasteiger partial charge is 0.411 e. The molecule has 1 aliphatic rings. The molecule has 1 atom stereocenters. The second kappa shape index (κ2) is 7.72. The molecule has 0 radical (unpaired) electrons. The van der Waals surface area contributed by atoms with E-state index in [0.717, 1.165) is 16.3 Å². The number of hydrogen-bond donors (Lipinski definition) is 1. The van der Waals surface area contributed by atoms with Crippen LogP contribution < -0.4 is 0 Å². The molecule has 0 bridgehead atoms. The quantitative estimate of drug-likeness (QED) is 0.416. The number of fused-ring (bicyclic) bond motifs is 2. The number of halogens is 3. The van der Waals surface area contributed by atoms with E-state index >= 15 is 0 Å². The third-order valence-corrected chi connectivity index (χ3v) is 5.65. The van der Waals surface area contributed by atoms with Gasteiger partial charge in [-0.1, -0.05) is 6.07 Å². The number of alkyl halides is 3. The maximum Gasteiger partial charge on any atom is 0.433 e. The summed E-state index contributed by atoms with van der Waals surface area (Å²) in [5.41, 5.74) is 1.06. The molecule has 5 aromatic heterocycles. The van der Waals surface area contributed by atoms with Crippen LogP contribution in [0.5, 0.6) is 0 Å². The van der Waals surface area contributed by atoms with Crippen LogP contribution in [0.4, 0.5) is 13.2 Å². The summed E-state index contributed by atoms with van der Waals surface area (Å²) in [5.74, 6) is -0.896. The molecule has 176 valence electrons. The number of hydrogen-bond acceptors (Lipinski definition) is 8. The highest BCUT2D eigenvalue weighted by atomic mass is 19.4. The van der Waals surface area contributed by atoms with Crippen molar-refractivity contribution in [1.82, 2.24) is 44.6 Å². The van der Waals surface area contributed by atoms with Crippen LogP contribution in [0.2, 0.25) is 0 Å². The first-order chi connectivity index (χ1) is 16.9. The molecule has 11 nitrogen and oxygen atoms in total. The summed E-state index contributed by atoms with van der Waals surface area (Å²) in [7, 11) is 0. The highest BCUT2D eigenvalue weighted by molar-refractivity contribution is 5.90. The number of aromatic amines is 1. The van der Waals surface area contributed by atoms with Crippen LogP contribution in [0.1, 0.15) is 39.5 Å². The SMILES string of the molecule is O=C(c1nnc(-c2cnccn2)o1)N1CCc2[nH]cnc2[C@H]1c1cc2cccc(C(F)(F)F)n2n1. The van der Waals surface area contributed by atoms with Crippen molar-refractivity contribution in [2.24, 2.45) is 0 Å². The zero-order valence-corrected chi connectivity index (χ0v) is 17.6. The summed E-state index contributed by atoms with van der Waals surface area (Å²) < 4.78 is 47.0. The van der Waals surface area contributed by atoms with E-state index in [4.69, 9.17) is 4.42 Å². The third-order valence-electron chi connectivity index (χ3n) is 5.65. The molecule has 6 heterocycles. The molecule has 0 aliphatic carbocycles. The van der Waals surface area contributed by atoms with Crippen molar-refractivity contribution in [3.05, 3.63) is 77.8 Å². The minimum Gasteiger partial charge on any atom is -0.411 e. The van der Waals surface area contributed by atoms with Gasteiger partial charge in [0.2, 0.25) is 0 Å². The van der Waals surface area contributed by atoms with Crippen molar-refractivity contribution < 1.29 is 22.4 Å². The molecule has 14 heteroatoms. The molecule has 1 aliphatic heterocycles. The number of nitrogens with zero attached hydrogens (tertiary/aromatic N) is 8. The summed E-state index contributed by atoms with van der Waals surface area (Å²) in [5, 5.41) is 11.9. The standard InChI is InChI=1S/C21H14F3N9O2/c22-21(23,24)15-3-1-2-11-8-13(31-33(11)15)17-16-12(27-10-28-16)4-7-32(17)20(34)19-30-29-18(35-19)14-9-25-5-6-26-14/h1-3,5-6,8-10,17H,4,7H2,(H,27,28)/t17-/m1/s1. The Bertz CT molecular complexity index is 1540. The van der Waals surface area contributed by atoms with Gasteiger partial charge in [0, 0.05) is 31.1 Å². The molecule has 0 unspecified atom stereocenters. The lowest BCUT2D eigenvalue weighted by Crippen LogP contribution is -2.41. The van der Waals surface area contributed by atoms with Crippen LogP contribution in [0.25, 0.3) is 17.1 Å². The molecule has 6 rings (SSSR count). The van der Waals surface area contributed by atoms with Gasteiger partial charge in [-0.05, 0) is 18.2 Å². The van der Waals surface area contributed by atoms with Gasteiger partial charge in [-0.15, -0.1) is 10.2 Å². The number of imidazole rings is 1. The Hall–Kier alpha value is -4.62. The van der Waals surface area contributed by atoms with Gasteiger partial charge < -0.3 is 14.3 Å². The number of carbonyl (C=O) groups is 1. The Morgan fingerprint density at radius 3 is 2.86 bits per heavy atom. The van der Waals surface area contributed by atoms with E-state index in [1.165, 1.54) is 48.0 Å². The lowest BCUT2D eigenvalue weighted by atomic mass is 9.99. The number of pyridine rings is 1. The van der Waals surface area contributed by atoms with E-state index in [1.54, 1.807) is 0 Å². The topological polar surface area (TPSA) is 131 Å². The fourth-order valence-corrected chi connectivity index (χ4v) is 4.12. The molecule has 5 aromatic rings. The highest BCUT2D eigenvalue weighted by Gasteiger charge is 2.39. The fourth-order valence-electron chi connectivity index (χ4n) is 4.12. The van der Waals surface area contributed by atoms with Gasteiger partial charge in [-0.25, -0.2) is 14.5 Å². The molecular formula is C21H14F3N9O2. The van der Waals surface area contributed by atoms with Gasteiger partial charge in [0.15, 0.2) is 0 Å². The van der Waals surface area contributed by atoms with Gasteiger partial charge >= 0.3 is 18.0 Å². The van der Waals surface area contributed by atoms with Gasteiger partial charge in [0.25, 0.3) is 5.89 Å². The minimum atomic E-state index is -4.61. The Morgan fingerprint density at radius 1 is 1.17 bits per heavy atom. The van der Waals surface area contributed by atoms with Crippen molar-refractivity contribution >= 4 is 11.4 Å². The average Bonchev–Trinajstić information content (AvgIpc) is 3.61. The zero-order chi connectivity index (χ0) is 24.2. The number of amides is 1. The summed E-state index contributed by atoms with van der Waals surface area (Å²) in [6.07, 6.45) is 1.65. The van der Waals surface area contributed by atoms with Gasteiger partial charge in [-0.3, -0.25) is 9.78 Å². The summed E-state index contributed by atoms with van der Waals surface area (Å²) in [6.45, 7) is 0.224. The average molecular weight is 481 g/mol. The second-order valence-corrected chi connectivity index (χ2v) is 7.74. The summed E-state index contributed by atoms with van der Waals surface area (Å²) in [4.78, 5) is 30.2. The van der Waals surface area contributed by atoms with Crippen molar-refractivity contribution in [1.29, 1.82) is 0 Å². The third kappa shape index (κ3) is 3.50. The Morgan fingerprint density at radius 2 is 2.06 bits per heavy atom. The number of nitrogens with one attached hydrogen (secondary N) is 1. The Kier molecular flexibility index (Phi) is 4.62. The van der Waals surface area contributed by atoms with Crippen LogP contribution in [0.15, 0.2) is 53.6 Å². The van der Waals surface area contributed by atoms with Gasteiger partial charge in [-0.2, -0.15) is 18.3 Å². The fraction of sp³-hybridized carbons (Fsp3) is 0.190. The van der Waals surface area contributed by atoms with Crippen LogP contribution >= 0.6 is 0 Å². The van der Waals surface area contributed by atoms with E-state index in [1.807, 2.05) is 0 Å². The number of H-pyrrole nitrogens is 1. The lowest BCUT2D eigenvalue weighted by Gasteiger charge is -2.32. The molecule has 0 spiro atoms. The Balaban J connectivity index is 1.42. The lowest BCUT2D eigenvalue weighted by molar-refractivity contribution is -0.142. The van der Waals surface area contributed by atoms with Crippen LogP contribution in [0.3, 0.4) is 0 Å².